The van der Waals surface area contributed by atoms with Gasteiger partial charge in [-0.1, -0.05) is 18.2 Å². The number of carbonyl (C=O) groups excluding carboxylic acids is 1. The van der Waals surface area contributed by atoms with Crippen LogP contribution in [0.5, 0.6) is 11.5 Å². The van der Waals surface area contributed by atoms with Crippen LogP contribution in [0, 0.1) is 5.82 Å². The number of nitrogens with one attached hydrogen (secondary N) is 1. The van der Waals surface area contributed by atoms with Gasteiger partial charge in [-0.25, -0.2) is 4.39 Å². The summed E-state index contributed by atoms with van der Waals surface area (Å²) < 4.78 is 24.3. The Morgan fingerprint density at radius 2 is 1.77 bits per heavy atom. The van der Waals surface area contributed by atoms with Crippen LogP contribution in [0.25, 0.3) is 0 Å². The number of ether oxygens (including phenoxy) is 2. The maximum Gasteiger partial charge on any atom is 0.254 e. The fraction of sp³-hybridized carbons (Fsp3) is 0.350. The molecule has 0 atom stereocenters. The van der Waals surface area contributed by atoms with E-state index >= 15 is 0 Å². The van der Waals surface area contributed by atoms with Gasteiger partial charge in [0.1, 0.15) is 12.4 Å². The van der Waals surface area contributed by atoms with Crippen molar-refractivity contribution >= 4 is 5.91 Å². The van der Waals surface area contributed by atoms with Crippen molar-refractivity contribution in [3.8, 4) is 11.5 Å². The largest absolute Gasteiger partial charge is 0.493 e. The smallest absolute Gasteiger partial charge is 0.254 e. The molecule has 2 aromatic carbocycles. The normalized spacial score (nSPS) is 15.0. The summed E-state index contributed by atoms with van der Waals surface area (Å²) in [5.41, 5.74) is 1.31. The van der Waals surface area contributed by atoms with E-state index in [1.54, 1.807) is 38.5 Å². The zero-order valence-corrected chi connectivity index (χ0v) is 15.1. The second-order valence-electron chi connectivity index (χ2n) is 6.38. The molecule has 0 spiro atoms. The lowest BCUT2D eigenvalue weighted by molar-refractivity contribution is -0.917. The molecule has 1 aliphatic heterocycles. The summed E-state index contributed by atoms with van der Waals surface area (Å²) in [4.78, 5) is 15.9. The zero-order valence-electron chi connectivity index (χ0n) is 15.1. The average molecular weight is 359 g/mol. The Bertz CT molecular complexity index is 773. The highest BCUT2D eigenvalue weighted by Crippen LogP contribution is 2.28. The minimum atomic E-state index is -0.163. The van der Waals surface area contributed by atoms with E-state index in [0.29, 0.717) is 36.7 Å². The Kier molecular flexibility index (Phi) is 5.73. The summed E-state index contributed by atoms with van der Waals surface area (Å²) in [7, 11) is 3.12. The van der Waals surface area contributed by atoms with Crippen LogP contribution in [-0.2, 0) is 6.54 Å². The number of halogens is 1. The molecule has 6 heteroatoms. The van der Waals surface area contributed by atoms with E-state index in [4.69, 9.17) is 9.47 Å². The lowest BCUT2D eigenvalue weighted by Crippen LogP contribution is -3.13. The quantitative estimate of drug-likeness (QED) is 0.877. The number of quaternary nitrogens is 1. The van der Waals surface area contributed by atoms with Crippen LogP contribution in [0.3, 0.4) is 0 Å². The molecule has 138 valence electrons. The summed E-state index contributed by atoms with van der Waals surface area (Å²) in [6.45, 7) is 3.54. The summed E-state index contributed by atoms with van der Waals surface area (Å²) in [6.07, 6.45) is 0. The third-order valence-corrected chi connectivity index (χ3v) is 4.79. The third kappa shape index (κ3) is 3.96. The van der Waals surface area contributed by atoms with Crippen molar-refractivity contribution in [3.05, 3.63) is 59.4 Å². The topological polar surface area (TPSA) is 43.2 Å². The van der Waals surface area contributed by atoms with E-state index in [9.17, 15) is 9.18 Å². The van der Waals surface area contributed by atoms with Crippen LogP contribution < -0.4 is 14.4 Å². The third-order valence-electron chi connectivity index (χ3n) is 4.79. The number of hydrogen-bond acceptors (Lipinski definition) is 3. The van der Waals surface area contributed by atoms with Crippen molar-refractivity contribution in [3.63, 3.8) is 0 Å². The Labute approximate surface area is 152 Å². The van der Waals surface area contributed by atoms with Crippen molar-refractivity contribution in [2.75, 3.05) is 40.4 Å². The minimum absolute atomic E-state index is 0.0177. The van der Waals surface area contributed by atoms with Crippen LogP contribution in [0.1, 0.15) is 15.9 Å². The van der Waals surface area contributed by atoms with E-state index in [0.717, 1.165) is 18.7 Å². The molecular weight excluding hydrogens is 335 g/mol. The monoisotopic (exact) mass is 359 g/mol. The Morgan fingerprint density at radius 3 is 2.42 bits per heavy atom. The molecule has 0 unspecified atom stereocenters. The molecule has 3 rings (SSSR count). The number of rotatable bonds is 5. The van der Waals surface area contributed by atoms with Crippen molar-refractivity contribution in [2.24, 2.45) is 0 Å². The van der Waals surface area contributed by atoms with Gasteiger partial charge in [-0.05, 0) is 24.3 Å². The number of methoxy groups -OCH3 is 2. The van der Waals surface area contributed by atoms with Crippen molar-refractivity contribution in [1.29, 1.82) is 0 Å². The second-order valence-corrected chi connectivity index (χ2v) is 6.38. The first-order valence-electron chi connectivity index (χ1n) is 8.70. The Hall–Kier alpha value is -2.60. The van der Waals surface area contributed by atoms with Gasteiger partial charge in [-0.15, -0.1) is 0 Å². The SMILES string of the molecule is COc1ccc(C(=O)N2CC[NH+](Cc3ccccc3F)CC2)cc1OC. The van der Waals surface area contributed by atoms with Gasteiger partial charge in [0.05, 0.1) is 40.4 Å². The van der Waals surface area contributed by atoms with Crippen LogP contribution >= 0.6 is 0 Å². The maximum absolute atomic E-state index is 13.8. The van der Waals surface area contributed by atoms with Gasteiger partial charge in [0.25, 0.3) is 5.91 Å². The lowest BCUT2D eigenvalue weighted by Gasteiger charge is -2.32. The van der Waals surface area contributed by atoms with E-state index in [1.165, 1.54) is 11.0 Å². The van der Waals surface area contributed by atoms with Gasteiger partial charge in [0, 0.05) is 11.1 Å². The van der Waals surface area contributed by atoms with E-state index in [2.05, 4.69) is 0 Å². The molecule has 5 nitrogen and oxygen atoms in total. The molecule has 0 aliphatic carbocycles. The van der Waals surface area contributed by atoms with Crippen LogP contribution in [0.15, 0.2) is 42.5 Å². The van der Waals surface area contributed by atoms with E-state index in [1.807, 2.05) is 17.0 Å². The lowest BCUT2D eigenvalue weighted by atomic mass is 10.1. The van der Waals surface area contributed by atoms with Gasteiger partial charge in [0.2, 0.25) is 0 Å². The molecule has 1 saturated heterocycles. The molecule has 2 aromatic rings. The number of benzene rings is 2. The molecule has 1 amide bonds. The maximum atomic E-state index is 13.8. The van der Waals surface area contributed by atoms with Crippen LogP contribution in [-0.4, -0.2) is 51.2 Å². The molecule has 0 radical (unpaired) electrons. The molecular formula is C20H24FN2O3+. The Balaban J connectivity index is 1.61. The van der Waals surface area contributed by atoms with Crippen molar-refractivity contribution < 1.29 is 23.6 Å². The average Bonchev–Trinajstić information content (AvgIpc) is 2.69. The zero-order chi connectivity index (χ0) is 18.5. The molecule has 0 saturated carbocycles. The molecule has 26 heavy (non-hydrogen) atoms. The molecule has 1 aliphatic rings. The van der Waals surface area contributed by atoms with Crippen LogP contribution in [0.4, 0.5) is 4.39 Å². The van der Waals surface area contributed by atoms with E-state index in [-0.39, 0.29) is 11.7 Å². The predicted molar refractivity (Wildman–Crippen MR) is 96.3 cm³/mol. The number of carbonyl (C=O) groups is 1. The molecule has 0 aromatic heterocycles. The fourth-order valence-corrected chi connectivity index (χ4v) is 3.27. The first kappa shape index (κ1) is 18.2. The number of hydrogen-bond donors (Lipinski definition) is 1. The highest BCUT2D eigenvalue weighted by molar-refractivity contribution is 5.95. The molecule has 1 heterocycles. The Morgan fingerprint density at radius 1 is 1.08 bits per heavy atom. The number of piperazine rings is 1. The predicted octanol–water partition coefficient (Wildman–Crippen LogP) is 1.38. The first-order chi connectivity index (χ1) is 12.6. The van der Waals surface area contributed by atoms with Crippen LogP contribution in [0.2, 0.25) is 0 Å². The highest BCUT2D eigenvalue weighted by atomic mass is 19.1. The summed E-state index contributed by atoms with van der Waals surface area (Å²) in [6, 6.07) is 12.1. The molecule has 0 bridgehead atoms. The molecule has 1 fully saturated rings. The fourth-order valence-electron chi connectivity index (χ4n) is 3.27. The van der Waals surface area contributed by atoms with Crippen molar-refractivity contribution in [1.82, 2.24) is 4.90 Å². The summed E-state index contributed by atoms with van der Waals surface area (Å²) in [5.74, 6) is 0.963. The standard InChI is InChI=1S/C20H23FN2O3/c1-25-18-8-7-15(13-19(18)26-2)20(24)23-11-9-22(10-12-23)14-16-5-3-4-6-17(16)21/h3-8,13H,9-12,14H2,1-2H3/p+1. The van der Waals surface area contributed by atoms with Gasteiger partial charge in [0.15, 0.2) is 11.5 Å². The first-order valence-corrected chi connectivity index (χ1v) is 8.70. The summed E-state index contributed by atoms with van der Waals surface area (Å²) in [5, 5.41) is 0. The summed E-state index contributed by atoms with van der Waals surface area (Å²) >= 11 is 0. The highest BCUT2D eigenvalue weighted by Gasteiger charge is 2.25. The van der Waals surface area contributed by atoms with E-state index < -0.39 is 0 Å². The van der Waals surface area contributed by atoms with Crippen molar-refractivity contribution in [2.45, 2.75) is 6.54 Å². The number of amides is 1. The van der Waals surface area contributed by atoms with Gasteiger partial charge < -0.3 is 19.3 Å². The second kappa shape index (κ2) is 8.19. The van der Waals surface area contributed by atoms with Gasteiger partial charge in [-0.2, -0.15) is 0 Å². The molecule has 1 N–H and O–H groups in total. The minimum Gasteiger partial charge on any atom is -0.493 e. The number of nitrogens with zero attached hydrogens (tertiary/aromatic N) is 1. The van der Waals surface area contributed by atoms with Gasteiger partial charge >= 0.3 is 0 Å². The van der Waals surface area contributed by atoms with Gasteiger partial charge in [-0.3, -0.25) is 4.79 Å².